The maximum atomic E-state index is 11.7. The third-order valence-electron chi connectivity index (χ3n) is 4.30. The molecule has 2 aromatic carbocycles. The Bertz CT molecular complexity index is 734. The molecule has 0 saturated carbocycles. The Hall–Kier alpha value is -1.79. The highest BCUT2D eigenvalue weighted by molar-refractivity contribution is 6.38. The fourth-order valence-corrected chi connectivity index (χ4v) is 3.16. The van der Waals surface area contributed by atoms with E-state index in [0.717, 1.165) is 31.4 Å². The van der Waals surface area contributed by atoms with Crippen molar-refractivity contribution in [3.05, 3.63) is 63.6 Å². The molecule has 1 atom stereocenters. The van der Waals surface area contributed by atoms with Gasteiger partial charge in [0.2, 0.25) is 0 Å². The first-order chi connectivity index (χ1) is 13.5. The van der Waals surface area contributed by atoms with Crippen molar-refractivity contribution in [2.75, 3.05) is 18.8 Å². The third kappa shape index (κ3) is 7.68. The number of unbranched alkanes of at least 4 members (excludes halogenated alkanes) is 2. The molecule has 0 aliphatic carbocycles. The second kappa shape index (κ2) is 11.9. The van der Waals surface area contributed by atoms with E-state index in [1.807, 2.05) is 30.3 Å². The molecule has 0 aliphatic heterocycles. The van der Waals surface area contributed by atoms with Gasteiger partial charge >= 0.3 is 5.97 Å². The first-order valence-electron chi connectivity index (χ1n) is 9.30. The number of nitrogens with two attached hydrogens (primary N) is 1. The van der Waals surface area contributed by atoms with Crippen molar-refractivity contribution in [3.63, 3.8) is 0 Å². The predicted molar refractivity (Wildman–Crippen MR) is 113 cm³/mol. The molecule has 0 radical (unpaired) electrons. The molecule has 2 aromatic rings. The summed E-state index contributed by atoms with van der Waals surface area (Å²) in [5.74, 6) is -0.177. The van der Waals surface area contributed by atoms with E-state index in [1.54, 1.807) is 12.1 Å². The van der Waals surface area contributed by atoms with E-state index >= 15 is 0 Å². The van der Waals surface area contributed by atoms with Crippen LogP contribution >= 0.6 is 23.2 Å². The highest BCUT2D eigenvalue weighted by atomic mass is 35.5. The standard InChI is InChI=1S/C21H26Cl2N2O3/c22-17-11-16(12-18(23)21(17)24)19(26)13-25-10-6-2-5-9-20(27)28-14-15-7-3-1-4-8-15/h1,3-4,7-8,11-12,19,25-26H,2,5-6,9-10,13-14,24H2. The molecule has 0 spiro atoms. The number of nitrogen functional groups attached to an aromatic ring is 1. The Morgan fingerprint density at radius 2 is 1.79 bits per heavy atom. The summed E-state index contributed by atoms with van der Waals surface area (Å²) < 4.78 is 5.25. The number of hydrogen-bond acceptors (Lipinski definition) is 5. The Labute approximate surface area is 175 Å². The number of ether oxygens (including phenoxy) is 1. The van der Waals surface area contributed by atoms with Gasteiger partial charge in [0.15, 0.2) is 0 Å². The molecule has 1 unspecified atom stereocenters. The quantitative estimate of drug-likeness (QED) is 0.280. The Kier molecular flexibility index (Phi) is 9.58. The summed E-state index contributed by atoms with van der Waals surface area (Å²) in [5.41, 5.74) is 7.62. The van der Waals surface area contributed by atoms with Gasteiger partial charge in [-0.1, -0.05) is 60.0 Å². The normalized spacial score (nSPS) is 12.0. The van der Waals surface area contributed by atoms with Gasteiger partial charge in [-0.25, -0.2) is 0 Å². The predicted octanol–water partition coefficient (Wildman–Crippen LogP) is 4.50. The van der Waals surface area contributed by atoms with Crippen LogP contribution in [-0.4, -0.2) is 24.2 Å². The van der Waals surface area contributed by atoms with Crippen molar-refractivity contribution in [1.29, 1.82) is 0 Å². The molecule has 0 saturated heterocycles. The van der Waals surface area contributed by atoms with Gasteiger partial charge in [-0.05, 0) is 42.6 Å². The van der Waals surface area contributed by atoms with Crippen molar-refractivity contribution in [1.82, 2.24) is 5.32 Å². The second-order valence-corrected chi connectivity index (χ2v) is 7.39. The van der Waals surface area contributed by atoms with E-state index in [4.69, 9.17) is 33.7 Å². The van der Waals surface area contributed by atoms with Crippen molar-refractivity contribution in [3.8, 4) is 0 Å². The van der Waals surface area contributed by atoms with Crippen molar-refractivity contribution >= 4 is 34.9 Å². The van der Waals surface area contributed by atoms with Gasteiger partial charge in [0, 0.05) is 13.0 Å². The SMILES string of the molecule is Nc1c(Cl)cc(C(O)CNCCCCCC(=O)OCc2ccccc2)cc1Cl. The van der Waals surface area contributed by atoms with Crippen molar-refractivity contribution < 1.29 is 14.6 Å². The molecule has 5 nitrogen and oxygen atoms in total. The second-order valence-electron chi connectivity index (χ2n) is 6.58. The molecule has 0 fully saturated rings. The number of rotatable bonds is 11. The van der Waals surface area contributed by atoms with E-state index in [2.05, 4.69) is 5.32 Å². The number of nitrogens with one attached hydrogen (secondary N) is 1. The van der Waals surface area contributed by atoms with E-state index in [9.17, 15) is 9.90 Å². The van der Waals surface area contributed by atoms with Crippen LogP contribution in [0.15, 0.2) is 42.5 Å². The molecule has 0 bridgehead atoms. The summed E-state index contributed by atoms with van der Waals surface area (Å²) in [4.78, 5) is 11.7. The number of hydrogen-bond donors (Lipinski definition) is 3. The smallest absolute Gasteiger partial charge is 0.306 e. The van der Waals surface area contributed by atoms with E-state index in [1.165, 1.54) is 0 Å². The van der Waals surface area contributed by atoms with E-state index < -0.39 is 6.10 Å². The number of anilines is 1. The van der Waals surface area contributed by atoms with Gasteiger partial charge in [-0.15, -0.1) is 0 Å². The Balaban J connectivity index is 1.54. The number of aliphatic hydroxyl groups excluding tert-OH is 1. The Morgan fingerprint density at radius 1 is 1.11 bits per heavy atom. The summed E-state index contributed by atoms with van der Waals surface area (Å²) in [7, 11) is 0. The maximum Gasteiger partial charge on any atom is 0.306 e. The molecule has 2 rings (SSSR count). The minimum atomic E-state index is -0.719. The number of halogens is 2. The minimum absolute atomic E-state index is 0.177. The van der Waals surface area contributed by atoms with Crippen LogP contribution in [0, 0.1) is 0 Å². The lowest BCUT2D eigenvalue weighted by Gasteiger charge is -2.14. The monoisotopic (exact) mass is 424 g/mol. The molecular formula is C21H26Cl2N2O3. The van der Waals surface area contributed by atoms with Crippen molar-refractivity contribution in [2.45, 2.75) is 38.4 Å². The van der Waals surface area contributed by atoms with Crippen molar-refractivity contribution in [2.24, 2.45) is 0 Å². The first kappa shape index (κ1) is 22.5. The summed E-state index contributed by atoms with van der Waals surface area (Å²) in [6, 6.07) is 12.9. The van der Waals surface area contributed by atoms with E-state index in [0.29, 0.717) is 40.9 Å². The Morgan fingerprint density at radius 3 is 2.46 bits per heavy atom. The molecule has 0 aliphatic rings. The highest BCUT2D eigenvalue weighted by Gasteiger charge is 2.12. The maximum absolute atomic E-state index is 11.7. The van der Waals surface area contributed by atoms with Crippen LogP contribution in [0.2, 0.25) is 10.0 Å². The summed E-state index contributed by atoms with van der Waals surface area (Å²) >= 11 is 12.0. The van der Waals surface area contributed by atoms with Gasteiger partial charge in [0.05, 0.1) is 21.8 Å². The van der Waals surface area contributed by atoms with Crippen LogP contribution in [0.4, 0.5) is 5.69 Å². The van der Waals surface area contributed by atoms with Crippen LogP contribution in [-0.2, 0) is 16.1 Å². The molecular weight excluding hydrogens is 399 g/mol. The largest absolute Gasteiger partial charge is 0.461 e. The molecule has 0 aromatic heterocycles. The third-order valence-corrected chi connectivity index (χ3v) is 4.93. The zero-order chi connectivity index (χ0) is 20.4. The van der Waals surface area contributed by atoms with Gasteiger partial charge in [-0.2, -0.15) is 0 Å². The zero-order valence-electron chi connectivity index (χ0n) is 15.7. The first-order valence-corrected chi connectivity index (χ1v) is 10.1. The summed E-state index contributed by atoms with van der Waals surface area (Å²) in [5, 5.41) is 14.1. The molecule has 4 N–H and O–H groups in total. The summed E-state index contributed by atoms with van der Waals surface area (Å²) in [6.45, 7) is 1.44. The van der Waals surface area contributed by atoms with Gasteiger partial charge < -0.3 is 20.9 Å². The fraction of sp³-hybridized carbons (Fsp3) is 0.381. The van der Waals surface area contributed by atoms with Crippen LogP contribution in [0.5, 0.6) is 0 Å². The van der Waals surface area contributed by atoms with Crippen LogP contribution in [0.3, 0.4) is 0 Å². The minimum Gasteiger partial charge on any atom is -0.461 e. The van der Waals surface area contributed by atoms with Crippen LogP contribution in [0.25, 0.3) is 0 Å². The van der Waals surface area contributed by atoms with Gasteiger partial charge in [-0.3, -0.25) is 4.79 Å². The number of carbonyl (C=O) groups is 1. The molecule has 7 heteroatoms. The number of esters is 1. The van der Waals surface area contributed by atoms with Crippen LogP contribution < -0.4 is 11.1 Å². The topological polar surface area (TPSA) is 84.6 Å². The van der Waals surface area contributed by atoms with Crippen LogP contribution in [0.1, 0.15) is 42.9 Å². The van der Waals surface area contributed by atoms with Gasteiger partial charge in [0.25, 0.3) is 0 Å². The lowest BCUT2D eigenvalue weighted by molar-refractivity contribution is -0.145. The van der Waals surface area contributed by atoms with Gasteiger partial charge in [0.1, 0.15) is 6.61 Å². The lowest BCUT2D eigenvalue weighted by Crippen LogP contribution is -2.22. The fourth-order valence-electron chi connectivity index (χ4n) is 2.66. The summed E-state index contributed by atoms with van der Waals surface area (Å²) in [6.07, 6.45) is 2.28. The average molecular weight is 425 g/mol. The lowest BCUT2D eigenvalue weighted by atomic mass is 10.1. The molecule has 0 heterocycles. The molecule has 28 heavy (non-hydrogen) atoms. The number of carbonyl (C=O) groups excluding carboxylic acids is 1. The number of aliphatic hydroxyl groups is 1. The highest BCUT2D eigenvalue weighted by Crippen LogP contribution is 2.31. The number of benzene rings is 2. The zero-order valence-corrected chi connectivity index (χ0v) is 17.2. The molecule has 0 amide bonds. The average Bonchev–Trinajstić information content (AvgIpc) is 2.70. The molecule has 152 valence electrons. The van der Waals surface area contributed by atoms with E-state index in [-0.39, 0.29) is 5.97 Å².